The summed E-state index contributed by atoms with van der Waals surface area (Å²) in [6, 6.07) is 10.2. The minimum absolute atomic E-state index is 0.00986. The number of fused-ring (bicyclic) bond motifs is 2. The largest absolute Gasteiger partial charge is 0.597 e. The van der Waals surface area contributed by atoms with E-state index in [1.54, 1.807) is 6.07 Å². The lowest BCUT2D eigenvalue weighted by Crippen LogP contribution is -2.11. The number of phosphoric acid groups is 4. The molecule has 17 heteroatoms. The Morgan fingerprint density at radius 2 is 1.39 bits per heavy atom. The number of para-hydroxylation sites is 1. The van der Waals surface area contributed by atoms with Crippen LogP contribution in [0.5, 0.6) is 17.2 Å². The molecule has 0 saturated heterocycles. The van der Waals surface area contributed by atoms with Gasteiger partial charge in [-0.3, -0.25) is 0 Å². The van der Waals surface area contributed by atoms with Crippen LogP contribution in [0.2, 0.25) is 0 Å². The zero-order valence-electron chi connectivity index (χ0n) is 15.8. The molecule has 1 aliphatic heterocycles. The lowest BCUT2D eigenvalue weighted by atomic mass is 10.1. The Bertz CT molecular complexity index is 1140. The van der Waals surface area contributed by atoms with Crippen molar-refractivity contribution >= 4 is 31.3 Å². The fourth-order valence-corrected chi connectivity index (χ4v) is 8.07. The van der Waals surface area contributed by atoms with Crippen LogP contribution in [0.15, 0.2) is 42.5 Å². The summed E-state index contributed by atoms with van der Waals surface area (Å²) in [4.78, 5) is 27.2. The summed E-state index contributed by atoms with van der Waals surface area (Å²) < 4.78 is 77.1. The number of rotatable bonds is 8. The Labute approximate surface area is 175 Å². The Kier molecular flexibility index (Phi) is 6.60. The minimum atomic E-state index is -5.78. The van der Waals surface area contributed by atoms with Gasteiger partial charge in [-0.2, -0.15) is 12.9 Å². The lowest BCUT2D eigenvalue weighted by molar-refractivity contribution is 0.198. The van der Waals surface area contributed by atoms with E-state index >= 15 is 0 Å². The highest BCUT2D eigenvalue weighted by molar-refractivity contribution is 7.70. The summed E-state index contributed by atoms with van der Waals surface area (Å²) in [6.07, 6.45) is 0. The van der Waals surface area contributed by atoms with Crippen molar-refractivity contribution in [3.8, 4) is 17.2 Å². The fraction of sp³-hybridized carbons (Fsp3) is 0.143. The van der Waals surface area contributed by atoms with E-state index in [0.29, 0.717) is 11.1 Å². The summed E-state index contributed by atoms with van der Waals surface area (Å²) in [5.74, 6) is -0.169. The number of benzene rings is 2. The number of phosphoric ester groups is 1. The van der Waals surface area contributed by atoms with Crippen LogP contribution in [0.1, 0.15) is 11.1 Å². The van der Waals surface area contributed by atoms with Gasteiger partial charge in [0.25, 0.3) is 0 Å². The maximum Gasteiger partial charge on any atom is 0.597 e. The summed E-state index contributed by atoms with van der Waals surface area (Å²) in [6.45, 7) is 3.05. The number of aryl methyl sites for hydroxylation is 2. The molecule has 2 unspecified atom stereocenters. The molecule has 0 aromatic heterocycles. The quantitative estimate of drug-likeness (QED) is 0.414. The standard InChI is InChI=1S/C14H16O13P4/c1-10-5-3-6-11(2)14(10)24-31(21,26-29(18,19)25-28(15,16)17)27-30(20)22-12-7-4-8-13(9-12)23-30/h3-9H,1-2H3,(H,18,19)(H2,15,16,17). The molecule has 2 bridgehead atoms. The molecule has 31 heavy (non-hydrogen) atoms. The topological polar surface area (TPSA) is 184 Å². The van der Waals surface area contributed by atoms with Gasteiger partial charge in [-0.05, 0) is 37.1 Å². The molecule has 2 aromatic rings. The molecule has 0 spiro atoms. The van der Waals surface area contributed by atoms with Crippen LogP contribution in [0.25, 0.3) is 0 Å². The van der Waals surface area contributed by atoms with Gasteiger partial charge in [0.2, 0.25) is 0 Å². The van der Waals surface area contributed by atoms with Crippen molar-refractivity contribution in [3.63, 3.8) is 0 Å². The first-order chi connectivity index (χ1) is 14.2. The molecule has 13 nitrogen and oxygen atoms in total. The van der Waals surface area contributed by atoms with Gasteiger partial charge in [-0.25, -0.2) is 18.3 Å². The van der Waals surface area contributed by atoms with E-state index in [1.807, 2.05) is 0 Å². The Balaban J connectivity index is 1.98. The van der Waals surface area contributed by atoms with E-state index in [2.05, 4.69) is 8.62 Å². The van der Waals surface area contributed by atoms with Gasteiger partial charge < -0.3 is 28.3 Å². The first-order valence-electron chi connectivity index (χ1n) is 8.15. The Hall–Kier alpha value is -1.48. The second kappa shape index (κ2) is 8.46. The van der Waals surface area contributed by atoms with Gasteiger partial charge in [0, 0.05) is 6.07 Å². The van der Waals surface area contributed by atoms with Crippen LogP contribution < -0.4 is 13.6 Å². The third-order valence-corrected chi connectivity index (χ3v) is 9.64. The maximum absolute atomic E-state index is 13.3. The highest BCUT2D eigenvalue weighted by Crippen LogP contribution is 2.73. The summed E-state index contributed by atoms with van der Waals surface area (Å²) in [7, 11) is -21.6. The SMILES string of the molecule is Cc1cccc(C)c1OP(=O)(OP(=O)(O)OP(=O)(O)O)OP1(=O)Oc2cccc(c2)O1. The van der Waals surface area contributed by atoms with Gasteiger partial charge in [-0.15, -0.1) is 0 Å². The smallest absolute Gasteiger partial charge is 0.403 e. The van der Waals surface area contributed by atoms with E-state index in [4.69, 9.17) is 27.7 Å². The Morgan fingerprint density at radius 1 is 0.871 bits per heavy atom. The van der Waals surface area contributed by atoms with Gasteiger partial charge in [0.05, 0.1) is 0 Å². The second-order valence-corrected chi connectivity index (χ2v) is 12.3. The predicted molar refractivity (Wildman–Crippen MR) is 105 cm³/mol. The van der Waals surface area contributed by atoms with Crippen molar-refractivity contribution in [1.29, 1.82) is 0 Å². The van der Waals surface area contributed by atoms with Gasteiger partial charge in [0.15, 0.2) is 0 Å². The van der Waals surface area contributed by atoms with Crippen LogP contribution in [0.3, 0.4) is 0 Å². The van der Waals surface area contributed by atoms with E-state index in [-0.39, 0.29) is 17.2 Å². The molecule has 0 fully saturated rings. The molecule has 0 amide bonds. The molecular weight excluding hydrogens is 500 g/mol. The van der Waals surface area contributed by atoms with Crippen molar-refractivity contribution in [2.24, 2.45) is 0 Å². The van der Waals surface area contributed by atoms with Crippen molar-refractivity contribution in [2.75, 3.05) is 0 Å². The molecule has 3 N–H and O–H groups in total. The lowest BCUT2D eigenvalue weighted by Gasteiger charge is -2.27. The maximum atomic E-state index is 13.3. The molecule has 2 atom stereocenters. The van der Waals surface area contributed by atoms with E-state index in [0.717, 1.165) is 0 Å². The normalized spacial score (nSPS) is 18.7. The van der Waals surface area contributed by atoms with Crippen LogP contribution in [0.4, 0.5) is 0 Å². The van der Waals surface area contributed by atoms with Crippen LogP contribution in [-0.2, 0) is 31.2 Å². The predicted octanol–water partition coefficient (Wildman–Crippen LogP) is 4.61. The van der Waals surface area contributed by atoms with Gasteiger partial charge in [0.1, 0.15) is 17.2 Å². The first kappa shape index (κ1) is 24.2. The third-order valence-electron chi connectivity index (χ3n) is 3.46. The molecule has 170 valence electrons. The summed E-state index contributed by atoms with van der Waals surface area (Å²) in [5, 5.41) is 0. The second-order valence-electron chi connectivity index (χ2n) is 6.07. The zero-order valence-corrected chi connectivity index (χ0v) is 19.3. The summed E-state index contributed by atoms with van der Waals surface area (Å²) >= 11 is 0. The zero-order chi connectivity index (χ0) is 23.1. The van der Waals surface area contributed by atoms with E-state index in [1.165, 1.54) is 50.2 Å². The Morgan fingerprint density at radius 3 is 1.90 bits per heavy atom. The molecule has 0 saturated carbocycles. The van der Waals surface area contributed by atoms with Gasteiger partial charge >= 0.3 is 31.3 Å². The van der Waals surface area contributed by atoms with E-state index in [9.17, 15) is 23.2 Å². The van der Waals surface area contributed by atoms with Crippen LogP contribution in [-0.4, -0.2) is 14.7 Å². The summed E-state index contributed by atoms with van der Waals surface area (Å²) in [5.41, 5.74) is 0.732. The average molecular weight is 516 g/mol. The highest BCUT2D eigenvalue weighted by Gasteiger charge is 2.51. The van der Waals surface area contributed by atoms with Crippen molar-refractivity contribution in [3.05, 3.63) is 53.6 Å². The van der Waals surface area contributed by atoms with Crippen LogP contribution >= 0.6 is 31.3 Å². The van der Waals surface area contributed by atoms with Gasteiger partial charge in [-0.1, -0.05) is 24.3 Å². The fourth-order valence-electron chi connectivity index (χ4n) is 2.40. The minimum Gasteiger partial charge on any atom is -0.403 e. The van der Waals surface area contributed by atoms with Crippen molar-refractivity contribution in [1.82, 2.24) is 0 Å². The molecule has 1 aliphatic rings. The highest BCUT2D eigenvalue weighted by atomic mass is 31.3. The number of hydrogen-bond acceptors (Lipinski definition) is 10. The average Bonchev–Trinajstić information content (AvgIpc) is 2.54. The molecule has 2 aromatic carbocycles. The first-order valence-corrected chi connectivity index (χ1v) is 14.1. The van der Waals surface area contributed by atoms with Crippen molar-refractivity contribution < 1.29 is 59.4 Å². The van der Waals surface area contributed by atoms with E-state index < -0.39 is 31.3 Å². The number of hydrogen-bond donors (Lipinski definition) is 3. The molecule has 3 rings (SSSR count). The van der Waals surface area contributed by atoms with Crippen LogP contribution in [0, 0.1) is 13.8 Å². The molecular formula is C14H16O13P4. The monoisotopic (exact) mass is 516 g/mol. The molecule has 0 aliphatic carbocycles. The van der Waals surface area contributed by atoms with Crippen molar-refractivity contribution in [2.45, 2.75) is 13.8 Å². The molecule has 0 radical (unpaired) electrons. The third kappa shape index (κ3) is 6.51. The molecule has 1 heterocycles.